The normalized spacial score (nSPS) is 24.7. The number of rotatable bonds is 10. The molecule has 0 amide bonds. The number of aryl methyl sites for hydroxylation is 1. The predicted molar refractivity (Wildman–Crippen MR) is 97.6 cm³/mol. The number of hydrogen-bond donors (Lipinski definition) is 0. The first-order valence-electron chi connectivity index (χ1n) is 9.49. The van der Waals surface area contributed by atoms with Gasteiger partial charge in [-0.3, -0.25) is 0 Å². The summed E-state index contributed by atoms with van der Waals surface area (Å²) in [5.74, 6) is 0. The van der Waals surface area contributed by atoms with Gasteiger partial charge in [0, 0.05) is 0 Å². The number of epoxide rings is 1. The molecule has 1 aliphatic carbocycles. The van der Waals surface area contributed by atoms with Gasteiger partial charge in [0.15, 0.2) is 0 Å². The zero-order chi connectivity index (χ0) is 16.0. The van der Waals surface area contributed by atoms with Crippen LogP contribution in [-0.2, 0) is 16.8 Å². The fourth-order valence-electron chi connectivity index (χ4n) is 3.73. The Labute approximate surface area is 141 Å². The summed E-state index contributed by atoms with van der Waals surface area (Å²) in [5.41, 5.74) is 2.71. The maximum absolute atomic E-state index is 6.00. The molecule has 2 unspecified atom stereocenters. The van der Waals surface area contributed by atoms with Crippen molar-refractivity contribution in [3.63, 3.8) is 0 Å². The summed E-state index contributed by atoms with van der Waals surface area (Å²) in [6.07, 6.45) is 21.1. The second-order valence-electron chi connectivity index (χ2n) is 6.96. The van der Waals surface area contributed by atoms with E-state index < -0.39 is 0 Å². The number of allylic oxidation sites excluding steroid dienone is 2. The molecule has 23 heavy (non-hydrogen) atoms. The number of unbranched alkanes of at least 4 members (excludes halogenated alkanes) is 7. The second kappa shape index (κ2) is 7.97. The van der Waals surface area contributed by atoms with E-state index in [1.807, 2.05) is 0 Å². The number of ether oxygens (including phenoxy) is 1. The molecule has 124 valence electrons. The minimum absolute atomic E-state index is 0.147. The Kier molecular flexibility index (Phi) is 5.72. The van der Waals surface area contributed by atoms with E-state index in [-0.39, 0.29) is 11.7 Å². The molecular formula is C22H30O. The first-order chi connectivity index (χ1) is 11.4. The third kappa shape index (κ3) is 3.95. The van der Waals surface area contributed by atoms with Crippen molar-refractivity contribution >= 4 is 0 Å². The van der Waals surface area contributed by atoms with E-state index in [0.29, 0.717) is 0 Å². The molecule has 0 bridgehead atoms. The van der Waals surface area contributed by atoms with Gasteiger partial charge in [-0.25, -0.2) is 0 Å². The molecule has 2 aliphatic rings. The molecule has 0 aromatic heterocycles. The van der Waals surface area contributed by atoms with Crippen molar-refractivity contribution in [1.29, 1.82) is 0 Å². The molecule has 0 N–H and O–H groups in total. The number of fused-ring (bicyclic) bond motifs is 1. The Morgan fingerprint density at radius 3 is 2.43 bits per heavy atom. The molecule has 1 aliphatic heterocycles. The molecule has 1 heteroatoms. The highest BCUT2D eigenvalue weighted by Gasteiger charge is 2.55. The van der Waals surface area contributed by atoms with E-state index in [4.69, 9.17) is 4.74 Å². The maximum Gasteiger partial charge on any atom is 0.142 e. The minimum atomic E-state index is -0.147. The summed E-state index contributed by atoms with van der Waals surface area (Å²) in [6, 6.07) is 8.85. The molecule has 3 rings (SSSR count). The molecule has 1 fully saturated rings. The Bertz CT molecular complexity index is 557. The van der Waals surface area contributed by atoms with E-state index >= 15 is 0 Å². The fourth-order valence-corrected chi connectivity index (χ4v) is 3.73. The van der Waals surface area contributed by atoms with Crippen LogP contribution < -0.4 is 0 Å². The Hall–Kier alpha value is -1.34. The molecule has 1 aromatic carbocycles. The van der Waals surface area contributed by atoms with Crippen molar-refractivity contribution < 1.29 is 4.74 Å². The van der Waals surface area contributed by atoms with Crippen molar-refractivity contribution in [1.82, 2.24) is 0 Å². The zero-order valence-corrected chi connectivity index (χ0v) is 14.5. The summed E-state index contributed by atoms with van der Waals surface area (Å²) in [5, 5.41) is 0. The summed E-state index contributed by atoms with van der Waals surface area (Å²) in [7, 11) is 0. The van der Waals surface area contributed by atoms with Crippen LogP contribution in [0.25, 0.3) is 0 Å². The molecule has 1 heterocycles. The standard InChI is InChI=1S/C22H30O/c1-2-3-4-5-6-7-8-9-14-19-15-10-11-16-20(19)22-18-13-12-17-21(22)23-22/h10-13,15-18,21H,2-9,14H2,1H3. The fraction of sp³-hybridized carbons (Fsp3) is 0.545. The highest BCUT2D eigenvalue weighted by molar-refractivity contribution is 5.46. The van der Waals surface area contributed by atoms with Gasteiger partial charge in [0.2, 0.25) is 0 Å². The SMILES string of the molecule is CCCCCCCCCCc1ccccc1C12C=CC=CC1O2. The molecule has 1 nitrogen and oxygen atoms in total. The molecule has 1 saturated heterocycles. The Morgan fingerprint density at radius 2 is 1.65 bits per heavy atom. The van der Waals surface area contributed by atoms with Crippen molar-refractivity contribution in [3.8, 4) is 0 Å². The van der Waals surface area contributed by atoms with Gasteiger partial charge in [0.05, 0.1) is 0 Å². The first-order valence-corrected chi connectivity index (χ1v) is 9.49. The number of hydrogen-bond acceptors (Lipinski definition) is 1. The molecule has 2 atom stereocenters. The molecule has 1 aromatic rings. The third-order valence-electron chi connectivity index (χ3n) is 5.17. The lowest BCUT2D eigenvalue weighted by Gasteiger charge is -2.15. The Balaban J connectivity index is 1.46. The van der Waals surface area contributed by atoms with Gasteiger partial charge < -0.3 is 4.74 Å². The topological polar surface area (TPSA) is 12.5 Å². The van der Waals surface area contributed by atoms with Crippen LogP contribution in [0.2, 0.25) is 0 Å². The van der Waals surface area contributed by atoms with Gasteiger partial charge in [-0.05, 0) is 30.0 Å². The summed E-state index contributed by atoms with van der Waals surface area (Å²) in [4.78, 5) is 0. The van der Waals surface area contributed by atoms with E-state index in [2.05, 4.69) is 55.5 Å². The quantitative estimate of drug-likeness (QED) is 0.376. The van der Waals surface area contributed by atoms with Crippen LogP contribution in [0.3, 0.4) is 0 Å². The zero-order valence-electron chi connectivity index (χ0n) is 14.5. The lowest BCUT2D eigenvalue weighted by Crippen LogP contribution is -2.13. The van der Waals surface area contributed by atoms with Crippen LogP contribution in [0.5, 0.6) is 0 Å². The molecular weight excluding hydrogens is 280 g/mol. The lowest BCUT2D eigenvalue weighted by molar-refractivity contribution is 0.344. The van der Waals surface area contributed by atoms with Crippen LogP contribution >= 0.6 is 0 Å². The van der Waals surface area contributed by atoms with E-state index in [1.165, 1.54) is 68.9 Å². The van der Waals surface area contributed by atoms with Crippen LogP contribution in [0.1, 0.15) is 69.4 Å². The van der Waals surface area contributed by atoms with Crippen molar-refractivity contribution in [2.45, 2.75) is 76.4 Å². The van der Waals surface area contributed by atoms with Crippen molar-refractivity contribution in [3.05, 3.63) is 59.7 Å². The predicted octanol–water partition coefficient (Wildman–Crippen LogP) is 6.09. The van der Waals surface area contributed by atoms with Crippen molar-refractivity contribution in [2.75, 3.05) is 0 Å². The summed E-state index contributed by atoms with van der Waals surface area (Å²) < 4.78 is 6.00. The first kappa shape index (κ1) is 16.5. The maximum atomic E-state index is 6.00. The van der Waals surface area contributed by atoms with Gasteiger partial charge in [-0.1, -0.05) is 94.4 Å². The number of benzene rings is 1. The largest absolute Gasteiger partial charge is 0.352 e. The highest BCUT2D eigenvalue weighted by atomic mass is 16.6. The Morgan fingerprint density at radius 1 is 0.913 bits per heavy atom. The van der Waals surface area contributed by atoms with Gasteiger partial charge in [-0.2, -0.15) is 0 Å². The smallest absolute Gasteiger partial charge is 0.142 e. The van der Waals surface area contributed by atoms with Crippen LogP contribution in [0.15, 0.2) is 48.6 Å². The van der Waals surface area contributed by atoms with Crippen LogP contribution in [0, 0.1) is 0 Å². The van der Waals surface area contributed by atoms with Crippen molar-refractivity contribution in [2.24, 2.45) is 0 Å². The van der Waals surface area contributed by atoms with E-state index in [9.17, 15) is 0 Å². The van der Waals surface area contributed by atoms with E-state index in [0.717, 1.165) is 0 Å². The summed E-state index contributed by atoms with van der Waals surface area (Å²) in [6.45, 7) is 2.28. The molecule has 0 radical (unpaired) electrons. The monoisotopic (exact) mass is 310 g/mol. The van der Waals surface area contributed by atoms with Gasteiger partial charge in [0.25, 0.3) is 0 Å². The minimum Gasteiger partial charge on any atom is -0.352 e. The van der Waals surface area contributed by atoms with E-state index in [1.54, 1.807) is 0 Å². The molecule has 0 spiro atoms. The van der Waals surface area contributed by atoms with Crippen LogP contribution in [0.4, 0.5) is 0 Å². The molecule has 0 saturated carbocycles. The lowest BCUT2D eigenvalue weighted by atomic mass is 9.87. The average molecular weight is 310 g/mol. The van der Waals surface area contributed by atoms with Gasteiger partial charge in [0.1, 0.15) is 11.7 Å². The highest BCUT2D eigenvalue weighted by Crippen LogP contribution is 2.51. The second-order valence-corrected chi connectivity index (χ2v) is 6.96. The summed E-state index contributed by atoms with van der Waals surface area (Å²) >= 11 is 0. The van der Waals surface area contributed by atoms with Crippen LogP contribution in [-0.4, -0.2) is 6.10 Å². The van der Waals surface area contributed by atoms with Gasteiger partial charge in [-0.15, -0.1) is 0 Å². The van der Waals surface area contributed by atoms with Gasteiger partial charge >= 0.3 is 0 Å². The third-order valence-corrected chi connectivity index (χ3v) is 5.17. The average Bonchev–Trinajstić information content (AvgIpc) is 3.33.